The Morgan fingerprint density at radius 2 is 1.87 bits per heavy atom. The summed E-state index contributed by atoms with van der Waals surface area (Å²) in [6, 6.07) is 18.2. The van der Waals surface area contributed by atoms with Gasteiger partial charge in [0.05, 0.1) is 27.2 Å². The maximum atomic E-state index is 14.2. The third-order valence-corrected chi connectivity index (χ3v) is 10.3. The van der Waals surface area contributed by atoms with Crippen LogP contribution in [-0.2, 0) is 22.7 Å². The zero-order valence-corrected chi connectivity index (χ0v) is 21.7. The molecule has 2 aromatic carbocycles. The van der Waals surface area contributed by atoms with Crippen molar-refractivity contribution in [1.82, 2.24) is 20.0 Å². The van der Waals surface area contributed by atoms with Crippen LogP contribution in [0.3, 0.4) is 0 Å². The Morgan fingerprint density at radius 1 is 1.05 bits per heavy atom. The molecule has 1 saturated carbocycles. The molecule has 2 aliphatic rings. The predicted octanol–water partition coefficient (Wildman–Crippen LogP) is 4.72. The first-order chi connectivity index (χ1) is 18.3. The number of ketones is 1. The number of carbonyl (C=O) groups excluding carboxylic acids is 1. The van der Waals surface area contributed by atoms with Crippen molar-refractivity contribution >= 4 is 15.6 Å². The van der Waals surface area contributed by atoms with Crippen molar-refractivity contribution in [3.05, 3.63) is 101 Å². The van der Waals surface area contributed by atoms with E-state index in [1.165, 1.54) is 12.1 Å². The SMILES string of the molecule is Cc1cccc(S(=O)(=O)[C@H]2CCC3Cc4c(nnn4-c4ccc(F)cc4)C[C@]3(C(=O)c3ccccn3)C2)c1. The summed E-state index contributed by atoms with van der Waals surface area (Å²) >= 11 is 0. The molecular weight excluding hydrogens is 503 g/mol. The molecule has 7 nitrogen and oxygen atoms in total. The number of halogens is 1. The van der Waals surface area contributed by atoms with Gasteiger partial charge in [0.15, 0.2) is 15.6 Å². The highest BCUT2D eigenvalue weighted by molar-refractivity contribution is 7.92. The van der Waals surface area contributed by atoms with Gasteiger partial charge in [-0.05, 0) is 92.6 Å². The molecule has 2 aliphatic carbocycles. The van der Waals surface area contributed by atoms with Crippen molar-refractivity contribution in [2.75, 3.05) is 0 Å². The number of aryl methyl sites for hydroxylation is 1. The van der Waals surface area contributed by atoms with Gasteiger partial charge in [-0.1, -0.05) is 23.4 Å². The van der Waals surface area contributed by atoms with Crippen LogP contribution in [-0.4, -0.2) is 39.4 Å². The lowest BCUT2D eigenvalue weighted by molar-refractivity contribution is 0.0483. The number of pyridine rings is 1. The van der Waals surface area contributed by atoms with Crippen molar-refractivity contribution in [1.29, 1.82) is 0 Å². The Bertz CT molecular complexity index is 1620. The van der Waals surface area contributed by atoms with Gasteiger partial charge in [0.25, 0.3) is 0 Å². The third kappa shape index (κ3) is 4.05. The smallest absolute Gasteiger partial charge is 0.188 e. The van der Waals surface area contributed by atoms with E-state index >= 15 is 0 Å². The van der Waals surface area contributed by atoms with Crippen LogP contribution in [0.4, 0.5) is 4.39 Å². The van der Waals surface area contributed by atoms with Crippen molar-refractivity contribution in [3.8, 4) is 5.69 Å². The van der Waals surface area contributed by atoms with Gasteiger partial charge >= 0.3 is 0 Å². The van der Waals surface area contributed by atoms with Crippen LogP contribution < -0.4 is 0 Å². The lowest BCUT2D eigenvalue weighted by Gasteiger charge is -2.47. The second-order valence-electron chi connectivity index (χ2n) is 10.4. The lowest BCUT2D eigenvalue weighted by atomic mass is 9.57. The average molecular weight is 531 g/mol. The van der Waals surface area contributed by atoms with Crippen LogP contribution in [0.1, 0.15) is 46.7 Å². The summed E-state index contributed by atoms with van der Waals surface area (Å²) in [4.78, 5) is 18.8. The molecule has 4 aromatic rings. The summed E-state index contributed by atoms with van der Waals surface area (Å²) in [6.07, 6.45) is 3.63. The van der Waals surface area contributed by atoms with Crippen molar-refractivity contribution in [2.24, 2.45) is 11.3 Å². The fourth-order valence-corrected chi connectivity index (χ4v) is 8.18. The minimum Gasteiger partial charge on any atom is -0.292 e. The Morgan fingerprint density at radius 3 is 2.61 bits per heavy atom. The Balaban J connectivity index is 1.43. The predicted molar refractivity (Wildman–Crippen MR) is 139 cm³/mol. The molecule has 38 heavy (non-hydrogen) atoms. The van der Waals surface area contributed by atoms with Crippen molar-refractivity contribution in [2.45, 2.75) is 49.2 Å². The minimum atomic E-state index is -3.66. The molecule has 194 valence electrons. The van der Waals surface area contributed by atoms with Crippen LogP contribution in [0, 0.1) is 24.1 Å². The molecule has 6 rings (SSSR count). The first-order valence-electron chi connectivity index (χ1n) is 12.7. The number of Topliss-reactive ketones (excluding diaryl/α,β-unsaturated/α-hetero) is 1. The molecule has 3 atom stereocenters. The monoisotopic (exact) mass is 530 g/mol. The Hall–Kier alpha value is -3.72. The maximum Gasteiger partial charge on any atom is 0.188 e. The largest absolute Gasteiger partial charge is 0.292 e. The first kappa shape index (κ1) is 24.6. The number of hydrogen-bond donors (Lipinski definition) is 0. The molecule has 0 amide bonds. The second-order valence-corrected chi connectivity index (χ2v) is 12.6. The molecule has 0 spiro atoms. The zero-order valence-electron chi connectivity index (χ0n) is 20.9. The number of benzene rings is 2. The van der Waals surface area contributed by atoms with Gasteiger partial charge in [-0.2, -0.15) is 0 Å². The summed E-state index contributed by atoms with van der Waals surface area (Å²) in [5, 5.41) is 8.07. The van der Waals surface area contributed by atoms with Crippen LogP contribution in [0.2, 0.25) is 0 Å². The summed E-state index contributed by atoms with van der Waals surface area (Å²) < 4.78 is 42.8. The normalized spacial score (nSPS) is 22.9. The summed E-state index contributed by atoms with van der Waals surface area (Å²) in [5.41, 5.74) is 2.48. The van der Waals surface area contributed by atoms with Gasteiger partial charge in [0, 0.05) is 18.0 Å². The number of aromatic nitrogens is 4. The molecule has 2 aromatic heterocycles. The topological polar surface area (TPSA) is 94.8 Å². The van der Waals surface area contributed by atoms with Gasteiger partial charge in [0.1, 0.15) is 11.5 Å². The van der Waals surface area contributed by atoms with Crippen LogP contribution in [0.25, 0.3) is 5.69 Å². The Kier molecular flexibility index (Phi) is 5.98. The van der Waals surface area contributed by atoms with Gasteiger partial charge in [0.2, 0.25) is 0 Å². The van der Waals surface area contributed by atoms with E-state index < -0.39 is 20.5 Å². The van der Waals surface area contributed by atoms with E-state index in [0.717, 1.165) is 11.3 Å². The maximum absolute atomic E-state index is 14.2. The fraction of sp³-hybridized carbons (Fsp3) is 0.310. The van der Waals surface area contributed by atoms with E-state index in [9.17, 15) is 17.6 Å². The number of nitrogens with zero attached hydrogens (tertiary/aromatic N) is 4. The van der Waals surface area contributed by atoms with Gasteiger partial charge < -0.3 is 0 Å². The van der Waals surface area contributed by atoms with E-state index in [2.05, 4.69) is 15.3 Å². The molecule has 9 heteroatoms. The number of fused-ring (bicyclic) bond motifs is 2. The van der Waals surface area contributed by atoms with E-state index in [-0.39, 0.29) is 30.4 Å². The molecule has 0 bridgehead atoms. The number of hydrogen-bond acceptors (Lipinski definition) is 6. The highest BCUT2D eigenvalue weighted by Crippen LogP contribution is 2.52. The molecule has 1 fully saturated rings. The van der Waals surface area contributed by atoms with E-state index in [1.807, 2.05) is 13.0 Å². The summed E-state index contributed by atoms with van der Waals surface area (Å²) in [7, 11) is -3.66. The highest BCUT2D eigenvalue weighted by Gasteiger charge is 2.55. The standard InChI is InChI=1S/C29H27FN4O3S/c1-19-5-4-6-23(15-19)38(36,37)24-13-8-20-16-27-26(32-33-34(27)22-11-9-21(30)10-12-22)18-29(20,17-24)28(35)25-7-2-3-14-31-25/h2-7,9-12,14-15,20,24H,8,13,16-18H2,1H3/t20?,24-,29+/m0/s1. The lowest BCUT2D eigenvalue weighted by Crippen LogP contribution is -2.51. The molecule has 0 radical (unpaired) electrons. The van der Waals surface area contributed by atoms with Gasteiger partial charge in [-0.3, -0.25) is 9.78 Å². The van der Waals surface area contributed by atoms with Crippen molar-refractivity contribution < 1.29 is 17.6 Å². The first-order valence-corrected chi connectivity index (χ1v) is 14.3. The third-order valence-electron chi connectivity index (χ3n) is 8.15. The van der Waals surface area contributed by atoms with Crippen LogP contribution in [0.5, 0.6) is 0 Å². The number of sulfone groups is 1. The van der Waals surface area contributed by atoms with E-state index in [1.54, 1.807) is 59.4 Å². The minimum absolute atomic E-state index is 0.105. The van der Waals surface area contributed by atoms with E-state index in [0.29, 0.717) is 41.2 Å². The van der Waals surface area contributed by atoms with Gasteiger partial charge in [-0.15, -0.1) is 5.10 Å². The second kappa shape index (κ2) is 9.23. The molecular formula is C29H27FN4O3S. The zero-order chi connectivity index (χ0) is 26.5. The number of carbonyl (C=O) groups is 1. The molecule has 1 unspecified atom stereocenters. The quantitative estimate of drug-likeness (QED) is 0.347. The Labute approximate surface area is 220 Å². The summed E-state index contributed by atoms with van der Waals surface area (Å²) in [5.74, 6) is -0.587. The summed E-state index contributed by atoms with van der Waals surface area (Å²) in [6.45, 7) is 1.87. The van der Waals surface area contributed by atoms with Crippen LogP contribution in [0.15, 0.2) is 77.8 Å². The molecule has 2 heterocycles. The molecule has 0 aliphatic heterocycles. The average Bonchev–Trinajstić information content (AvgIpc) is 3.34. The van der Waals surface area contributed by atoms with Crippen LogP contribution >= 0.6 is 0 Å². The van der Waals surface area contributed by atoms with E-state index in [4.69, 9.17) is 0 Å². The molecule has 0 N–H and O–H groups in total. The fourth-order valence-electron chi connectivity index (χ4n) is 6.21. The van der Waals surface area contributed by atoms with Gasteiger partial charge in [-0.25, -0.2) is 17.5 Å². The number of rotatable bonds is 5. The van der Waals surface area contributed by atoms with Crippen molar-refractivity contribution in [3.63, 3.8) is 0 Å². The highest BCUT2D eigenvalue weighted by atomic mass is 32.2. The molecule has 0 saturated heterocycles.